The van der Waals surface area contributed by atoms with Gasteiger partial charge in [0.25, 0.3) is 0 Å². The Morgan fingerprint density at radius 2 is 0.676 bits per heavy atom. The molecule has 0 aliphatic carbocycles. The van der Waals surface area contributed by atoms with Gasteiger partial charge in [0.05, 0.1) is 11.1 Å². The number of rotatable bonds is 4. The van der Waals surface area contributed by atoms with Gasteiger partial charge in [0, 0.05) is 93.1 Å². The molecule has 4 aromatic carbocycles. The van der Waals surface area contributed by atoms with E-state index in [1.165, 1.54) is 95.1 Å². The smallest absolute Gasteiger partial charge is 0.198 e. The number of benzene rings is 4. The predicted octanol–water partition coefficient (Wildman–Crippen LogP) is 13.6. The Morgan fingerprint density at radius 3 is 1.16 bits per heavy atom. The standard InChI is InChI=1S/4C16H20N/c1-11-6-7-13(3)15(10-11)16-9-8-12(2)14(4)17(16)5;2*1-11-9-10-15(17(5)14(11)4)16-12(2)7-6-8-13(16)3;1-11-8-6-7-9-15(11)16-13(3)10-12(2)14(4)17(16)5/h4*6-10H,1-5H3/q4*+1/i2D3;1D3;;. The second kappa shape index (κ2) is 22.5. The fraction of sp³-hybridized carbons (Fsp3) is 0.312. The lowest BCUT2D eigenvalue weighted by Crippen LogP contribution is -2.36. The van der Waals surface area contributed by atoms with Gasteiger partial charge in [-0.15, -0.1) is 0 Å². The van der Waals surface area contributed by atoms with Crippen molar-refractivity contribution < 1.29 is 26.5 Å². The van der Waals surface area contributed by atoms with Gasteiger partial charge in [-0.2, -0.15) is 18.3 Å². The second-order valence-corrected chi connectivity index (χ2v) is 18.8. The Labute approximate surface area is 419 Å². The Balaban J connectivity index is 0.000000183. The van der Waals surface area contributed by atoms with E-state index in [1.807, 2.05) is 55.3 Å². The molecule has 0 aliphatic rings. The number of hydrogen-bond donors (Lipinski definition) is 0. The average molecular weight is 911 g/mol. The quantitative estimate of drug-likeness (QED) is 0.156. The molecular weight excluding hydrogens is 825 g/mol. The van der Waals surface area contributed by atoms with E-state index in [0.717, 1.165) is 28.3 Å². The first kappa shape index (κ1) is 44.0. The number of aromatic nitrogens is 4. The van der Waals surface area contributed by atoms with E-state index in [-0.39, 0.29) is 0 Å². The lowest BCUT2D eigenvalue weighted by Gasteiger charge is -2.10. The summed E-state index contributed by atoms with van der Waals surface area (Å²) in [4.78, 5) is 0. The molecule has 0 fully saturated rings. The SMILES string of the molecule is Cc1cccc(C)c1-c1ccc(C)c(C)[n+]1C.Cc1ccccc1-c1c(C)cc(C)c(C)[n+]1C.[2H]C([2H])([2H])c1ccc(-c2c(C)cccc2C)[n+](C)c1C.[2H]C([2H])([2H])c1ccc(-c2cc(C)ccc2C)[n+](C)c1C. The topological polar surface area (TPSA) is 15.5 Å². The summed E-state index contributed by atoms with van der Waals surface area (Å²) in [6, 6.07) is 41.5. The Morgan fingerprint density at radius 1 is 0.294 bits per heavy atom. The summed E-state index contributed by atoms with van der Waals surface area (Å²) in [5.41, 5.74) is 27.6. The van der Waals surface area contributed by atoms with Crippen molar-refractivity contribution in [2.75, 3.05) is 0 Å². The largest absolute Gasteiger partial charge is 0.215 e. The van der Waals surface area contributed by atoms with Gasteiger partial charge in [-0.3, -0.25) is 0 Å². The molecule has 0 bridgehead atoms. The van der Waals surface area contributed by atoms with Crippen LogP contribution in [-0.4, -0.2) is 0 Å². The van der Waals surface area contributed by atoms with Crippen LogP contribution in [0.15, 0.2) is 121 Å². The lowest BCUT2D eigenvalue weighted by atomic mass is 9.98. The van der Waals surface area contributed by atoms with E-state index in [1.54, 1.807) is 12.1 Å². The molecule has 0 spiro atoms. The van der Waals surface area contributed by atoms with E-state index in [2.05, 4.69) is 197 Å². The summed E-state index contributed by atoms with van der Waals surface area (Å²) in [6.07, 6.45) is 0. The molecule has 4 aromatic heterocycles. The van der Waals surface area contributed by atoms with Crippen molar-refractivity contribution in [2.24, 2.45) is 28.2 Å². The fourth-order valence-electron chi connectivity index (χ4n) is 9.04. The van der Waals surface area contributed by atoms with Crippen molar-refractivity contribution >= 4 is 0 Å². The summed E-state index contributed by atoms with van der Waals surface area (Å²) >= 11 is 0. The van der Waals surface area contributed by atoms with Crippen LogP contribution in [0.25, 0.3) is 45.0 Å². The van der Waals surface area contributed by atoms with E-state index in [4.69, 9.17) is 8.22 Å². The van der Waals surface area contributed by atoms with Crippen molar-refractivity contribution in [3.8, 4) is 45.0 Å². The third kappa shape index (κ3) is 11.6. The molecule has 0 radical (unpaired) electrons. The molecule has 352 valence electrons. The van der Waals surface area contributed by atoms with Gasteiger partial charge in [0.1, 0.15) is 28.2 Å². The van der Waals surface area contributed by atoms with E-state index >= 15 is 0 Å². The number of pyridine rings is 4. The summed E-state index contributed by atoms with van der Waals surface area (Å²) in [6.45, 7) is 25.3. The molecule has 0 N–H and O–H groups in total. The summed E-state index contributed by atoms with van der Waals surface area (Å²) < 4.78 is 54.0. The molecule has 0 saturated carbocycles. The highest BCUT2D eigenvalue weighted by molar-refractivity contribution is 5.67. The second-order valence-electron chi connectivity index (χ2n) is 18.8. The maximum Gasteiger partial charge on any atom is 0.215 e. The maximum absolute atomic E-state index is 7.59. The van der Waals surface area contributed by atoms with Crippen LogP contribution < -0.4 is 18.3 Å². The first-order valence-corrected chi connectivity index (χ1v) is 23.7. The summed E-state index contributed by atoms with van der Waals surface area (Å²) in [7, 11) is 8.13. The minimum absolute atomic E-state index is 0.411. The van der Waals surface area contributed by atoms with Crippen LogP contribution in [0.3, 0.4) is 0 Å². The van der Waals surface area contributed by atoms with Gasteiger partial charge >= 0.3 is 0 Å². The van der Waals surface area contributed by atoms with E-state index in [9.17, 15) is 0 Å². The first-order chi connectivity index (χ1) is 34.5. The Kier molecular flexibility index (Phi) is 14.6. The molecule has 4 nitrogen and oxygen atoms in total. The van der Waals surface area contributed by atoms with Crippen molar-refractivity contribution in [1.29, 1.82) is 0 Å². The van der Waals surface area contributed by atoms with Crippen LogP contribution in [0.2, 0.25) is 0 Å². The summed E-state index contributed by atoms with van der Waals surface area (Å²) in [5, 5.41) is 0. The molecule has 0 saturated heterocycles. The molecule has 0 amide bonds. The number of hydrogen-bond acceptors (Lipinski definition) is 0. The zero-order chi connectivity index (χ0) is 55.3. The Hall–Kier alpha value is -6.52. The van der Waals surface area contributed by atoms with E-state index < -0.39 is 13.7 Å². The third-order valence-corrected chi connectivity index (χ3v) is 14.0. The number of aryl methyl sites for hydroxylation is 12. The summed E-state index contributed by atoms with van der Waals surface area (Å²) in [5.74, 6) is 0. The van der Waals surface area contributed by atoms with Crippen LogP contribution in [0.5, 0.6) is 0 Å². The lowest BCUT2D eigenvalue weighted by molar-refractivity contribution is -0.667. The maximum atomic E-state index is 7.59. The van der Waals surface area contributed by atoms with E-state index in [0.29, 0.717) is 11.1 Å². The molecule has 8 rings (SSSR count). The number of nitrogens with zero attached hydrogens (tertiary/aromatic N) is 4. The zero-order valence-electron chi connectivity index (χ0n) is 50.3. The fourth-order valence-corrected chi connectivity index (χ4v) is 9.04. The predicted molar refractivity (Wildman–Crippen MR) is 288 cm³/mol. The van der Waals surface area contributed by atoms with Crippen molar-refractivity contribution in [1.82, 2.24) is 0 Å². The van der Waals surface area contributed by atoms with Gasteiger partial charge in [-0.25, -0.2) is 0 Å². The monoisotopic (exact) mass is 911 g/mol. The normalized spacial score (nSPS) is 12.3. The van der Waals surface area contributed by atoms with Crippen LogP contribution in [0, 0.1) is 111 Å². The minimum Gasteiger partial charge on any atom is -0.198 e. The van der Waals surface area contributed by atoms with Gasteiger partial charge in [0.15, 0.2) is 22.8 Å². The van der Waals surface area contributed by atoms with Crippen LogP contribution in [0.1, 0.15) is 97.8 Å². The third-order valence-electron chi connectivity index (χ3n) is 14.0. The zero-order valence-corrected chi connectivity index (χ0v) is 44.3. The van der Waals surface area contributed by atoms with Crippen molar-refractivity contribution in [3.05, 3.63) is 211 Å². The van der Waals surface area contributed by atoms with Crippen LogP contribution in [-0.2, 0) is 28.2 Å². The Bertz CT molecular complexity index is 3300. The van der Waals surface area contributed by atoms with Crippen LogP contribution >= 0.6 is 0 Å². The minimum atomic E-state index is -2.07. The van der Waals surface area contributed by atoms with Crippen molar-refractivity contribution in [2.45, 2.75) is 111 Å². The molecule has 4 heterocycles. The van der Waals surface area contributed by atoms with Crippen LogP contribution in [0.4, 0.5) is 0 Å². The van der Waals surface area contributed by atoms with Gasteiger partial charge in [-0.05, 0) is 153 Å². The highest BCUT2D eigenvalue weighted by atomic mass is 15.0. The van der Waals surface area contributed by atoms with Gasteiger partial charge in [-0.1, -0.05) is 72.3 Å². The highest BCUT2D eigenvalue weighted by Crippen LogP contribution is 2.28. The molecule has 0 unspecified atom stereocenters. The molecular formula is C64H80N4+4. The molecule has 0 aliphatic heterocycles. The molecule has 4 heteroatoms. The highest BCUT2D eigenvalue weighted by Gasteiger charge is 2.21. The van der Waals surface area contributed by atoms with Gasteiger partial charge < -0.3 is 0 Å². The average Bonchev–Trinajstić information content (AvgIpc) is 3.31. The molecule has 8 aromatic rings. The molecule has 0 atom stereocenters. The first-order valence-electron chi connectivity index (χ1n) is 26.7. The van der Waals surface area contributed by atoms with Crippen molar-refractivity contribution in [3.63, 3.8) is 0 Å². The van der Waals surface area contributed by atoms with Gasteiger partial charge in [0.2, 0.25) is 22.8 Å². The molecule has 68 heavy (non-hydrogen) atoms.